The van der Waals surface area contributed by atoms with E-state index in [1.807, 2.05) is 11.9 Å². The maximum Gasteiger partial charge on any atom is 0.339 e. The molecule has 0 amide bonds. The smallest absolute Gasteiger partial charge is 0.339 e. The van der Waals surface area contributed by atoms with Gasteiger partial charge in [0.15, 0.2) is 12.2 Å². The summed E-state index contributed by atoms with van der Waals surface area (Å²) < 4.78 is 16.1. The highest BCUT2D eigenvalue weighted by molar-refractivity contribution is 5.89. The third-order valence-electron chi connectivity index (χ3n) is 3.46. The average molecular weight is 327 g/mol. The van der Waals surface area contributed by atoms with E-state index in [-0.39, 0.29) is 23.3 Å². The second kappa shape index (κ2) is 7.84. The first-order valence-electron chi connectivity index (χ1n) is 7.87. The van der Waals surface area contributed by atoms with Crippen LogP contribution >= 0.6 is 0 Å². The Morgan fingerprint density at radius 1 is 1.30 bits per heavy atom. The van der Waals surface area contributed by atoms with Crippen LogP contribution in [-0.4, -0.2) is 53.7 Å². The maximum atomic E-state index is 12.2. The van der Waals surface area contributed by atoms with Crippen molar-refractivity contribution >= 4 is 5.97 Å². The number of carbonyl (C=O) groups excluding carboxylic acids is 1. The van der Waals surface area contributed by atoms with Crippen LogP contribution in [-0.2, 0) is 19.0 Å². The molecule has 1 heterocycles. The van der Waals surface area contributed by atoms with Gasteiger partial charge in [-0.05, 0) is 53.7 Å². The zero-order chi connectivity index (χ0) is 17.8. The second-order valence-corrected chi connectivity index (χ2v) is 6.78. The standard InChI is InChI=1S/C17H29NO5/c1-11(2)22-15(19)13(16(20)23-12(3)4)8-9-14-18(7)17(5,6)10-21-14/h8-9,11-12,15,19H,10H2,1-7H3/b13-8+,14-9-. The van der Waals surface area contributed by atoms with Crippen molar-refractivity contribution in [2.75, 3.05) is 13.7 Å². The van der Waals surface area contributed by atoms with Crippen molar-refractivity contribution in [2.45, 2.75) is 65.6 Å². The molecule has 1 atom stereocenters. The van der Waals surface area contributed by atoms with E-state index in [2.05, 4.69) is 13.8 Å². The second-order valence-electron chi connectivity index (χ2n) is 6.78. The van der Waals surface area contributed by atoms with Crippen molar-refractivity contribution in [3.05, 3.63) is 23.6 Å². The number of esters is 1. The molecule has 0 saturated carbocycles. The topological polar surface area (TPSA) is 68.2 Å². The number of aliphatic hydroxyl groups is 1. The van der Waals surface area contributed by atoms with Crippen molar-refractivity contribution < 1.29 is 24.1 Å². The molecule has 0 spiro atoms. The Morgan fingerprint density at radius 3 is 2.35 bits per heavy atom. The number of nitrogens with zero attached hydrogens (tertiary/aromatic N) is 1. The van der Waals surface area contributed by atoms with Crippen LogP contribution in [0.2, 0.25) is 0 Å². The van der Waals surface area contributed by atoms with Gasteiger partial charge in [0, 0.05) is 7.05 Å². The van der Waals surface area contributed by atoms with Crippen LogP contribution in [0.25, 0.3) is 0 Å². The fourth-order valence-electron chi connectivity index (χ4n) is 1.93. The van der Waals surface area contributed by atoms with Gasteiger partial charge in [-0.1, -0.05) is 0 Å². The minimum Gasteiger partial charge on any atom is -0.477 e. The number of hydrogen-bond donors (Lipinski definition) is 1. The quantitative estimate of drug-likeness (QED) is 0.458. The molecule has 0 radical (unpaired) electrons. The van der Waals surface area contributed by atoms with Gasteiger partial charge in [0.25, 0.3) is 0 Å². The molecule has 0 aromatic rings. The number of rotatable bonds is 6. The van der Waals surface area contributed by atoms with Gasteiger partial charge >= 0.3 is 5.97 Å². The van der Waals surface area contributed by atoms with Crippen LogP contribution in [0.3, 0.4) is 0 Å². The summed E-state index contributed by atoms with van der Waals surface area (Å²) in [6, 6.07) is 0. The predicted octanol–water partition coefficient (Wildman–Crippen LogP) is 2.19. The number of ether oxygens (including phenoxy) is 3. The van der Waals surface area contributed by atoms with Crippen LogP contribution in [0, 0.1) is 0 Å². The lowest BCUT2D eigenvalue weighted by Crippen LogP contribution is -2.36. The van der Waals surface area contributed by atoms with E-state index in [4.69, 9.17) is 14.2 Å². The van der Waals surface area contributed by atoms with E-state index in [0.29, 0.717) is 12.5 Å². The number of allylic oxidation sites excluding steroid dienone is 2. The van der Waals surface area contributed by atoms with Gasteiger partial charge in [0.1, 0.15) is 6.61 Å². The monoisotopic (exact) mass is 327 g/mol. The number of hydrogen-bond acceptors (Lipinski definition) is 6. The van der Waals surface area contributed by atoms with E-state index < -0.39 is 12.3 Å². The highest BCUT2D eigenvalue weighted by Gasteiger charge is 2.33. The number of carbonyl (C=O) groups is 1. The molecule has 1 unspecified atom stereocenters. The molecule has 1 N–H and O–H groups in total. The summed E-state index contributed by atoms with van der Waals surface area (Å²) in [5, 5.41) is 10.1. The summed E-state index contributed by atoms with van der Waals surface area (Å²) >= 11 is 0. The van der Waals surface area contributed by atoms with E-state index in [1.165, 1.54) is 6.08 Å². The molecule has 6 heteroatoms. The Kier molecular flexibility index (Phi) is 6.65. The van der Waals surface area contributed by atoms with Gasteiger partial charge < -0.3 is 24.2 Å². The zero-order valence-electron chi connectivity index (χ0n) is 15.1. The minimum absolute atomic E-state index is 0.0432. The van der Waals surface area contributed by atoms with E-state index in [0.717, 1.165) is 0 Å². The third kappa shape index (κ3) is 5.55. The summed E-state index contributed by atoms with van der Waals surface area (Å²) in [4.78, 5) is 14.2. The van der Waals surface area contributed by atoms with Crippen molar-refractivity contribution in [3.63, 3.8) is 0 Å². The lowest BCUT2D eigenvalue weighted by Gasteiger charge is -2.25. The first-order valence-corrected chi connectivity index (χ1v) is 7.87. The van der Waals surface area contributed by atoms with Crippen LogP contribution in [0.15, 0.2) is 23.6 Å². The lowest BCUT2D eigenvalue weighted by molar-refractivity contribution is -0.151. The average Bonchev–Trinajstić information content (AvgIpc) is 2.64. The molecule has 0 bridgehead atoms. The van der Waals surface area contributed by atoms with Gasteiger partial charge in [-0.15, -0.1) is 0 Å². The van der Waals surface area contributed by atoms with Crippen molar-refractivity contribution in [2.24, 2.45) is 0 Å². The van der Waals surface area contributed by atoms with E-state index >= 15 is 0 Å². The van der Waals surface area contributed by atoms with E-state index in [1.54, 1.807) is 33.8 Å². The van der Waals surface area contributed by atoms with Crippen LogP contribution in [0.5, 0.6) is 0 Å². The number of likely N-dealkylation sites (N-methyl/N-ethyl adjacent to an activating group) is 1. The summed E-state index contributed by atoms with van der Waals surface area (Å²) in [5.74, 6) is 0.0199. The van der Waals surface area contributed by atoms with Gasteiger partial charge in [-0.2, -0.15) is 0 Å². The first-order chi connectivity index (χ1) is 10.5. The molecule has 1 aliphatic heterocycles. The Labute approximate surface area is 138 Å². The Bertz CT molecular complexity index is 479. The van der Waals surface area contributed by atoms with Crippen LogP contribution < -0.4 is 0 Å². The molecule has 1 aliphatic rings. The van der Waals surface area contributed by atoms with Gasteiger partial charge in [-0.3, -0.25) is 0 Å². The first kappa shape index (κ1) is 19.5. The minimum atomic E-state index is -1.35. The summed E-state index contributed by atoms with van der Waals surface area (Å²) in [5.41, 5.74) is -0.0766. The van der Waals surface area contributed by atoms with Gasteiger partial charge in [0.2, 0.25) is 0 Å². The fourth-order valence-corrected chi connectivity index (χ4v) is 1.93. The predicted molar refractivity (Wildman–Crippen MR) is 87.4 cm³/mol. The molecule has 132 valence electrons. The molecule has 0 aromatic heterocycles. The number of aliphatic hydroxyl groups excluding tert-OH is 1. The van der Waals surface area contributed by atoms with E-state index in [9.17, 15) is 9.90 Å². The lowest BCUT2D eigenvalue weighted by atomic mass is 10.1. The van der Waals surface area contributed by atoms with Crippen LogP contribution in [0.4, 0.5) is 0 Å². The molecule has 1 rings (SSSR count). The Balaban J connectivity index is 3.01. The normalized spacial score (nSPS) is 21.0. The summed E-state index contributed by atoms with van der Waals surface area (Å²) in [6.45, 7) is 11.7. The Hall–Kier alpha value is -1.53. The molecular formula is C17H29NO5. The highest BCUT2D eigenvalue weighted by Crippen LogP contribution is 2.27. The summed E-state index contributed by atoms with van der Waals surface area (Å²) in [6.07, 6.45) is 1.29. The molecule has 1 fully saturated rings. The van der Waals surface area contributed by atoms with Crippen molar-refractivity contribution in [3.8, 4) is 0 Å². The molecule has 6 nitrogen and oxygen atoms in total. The van der Waals surface area contributed by atoms with Crippen LogP contribution in [0.1, 0.15) is 41.5 Å². The fraction of sp³-hybridized carbons (Fsp3) is 0.706. The molecule has 23 heavy (non-hydrogen) atoms. The zero-order valence-corrected chi connectivity index (χ0v) is 15.1. The SMILES string of the molecule is CC(C)OC(=O)/C(=C/C=C1\OCC(C)(C)N1C)C(O)OC(C)C. The maximum absolute atomic E-state index is 12.2. The highest BCUT2D eigenvalue weighted by atomic mass is 16.6. The largest absolute Gasteiger partial charge is 0.477 e. The van der Waals surface area contributed by atoms with Crippen molar-refractivity contribution in [1.82, 2.24) is 4.90 Å². The molecular weight excluding hydrogens is 298 g/mol. The summed E-state index contributed by atoms with van der Waals surface area (Å²) in [7, 11) is 1.92. The van der Waals surface area contributed by atoms with Gasteiger partial charge in [0.05, 0.1) is 23.3 Å². The molecule has 0 aromatic carbocycles. The third-order valence-corrected chi connectivity index (χ3v) is 3.46. The Morgan fingerprint density at radius 2 is 1.91 bits per heavy atom. The van der Waals surface area contributed by atoms with Crippen molar-refractivity contribution in [1.29, 1.82) is 0 Å². The van der Waals surface area contributed by atoms with Gasteiger partial charge in [-0.25, -0.2) is 4.79 Å². The molecule has 1 saturated heterocycles. The molecule has 0 aliphatic carbocycles.